The summed E-state index contributed by atoms with van der Waals surface area (Å²) in [5.74, 6) is -1.81. The highest BCUT2D eigenvalue weighted by Gasteiger charge is 2.44. The van der Waals surface area contributed by atoms with Crippen molar-refractivity contribution in [1.82, 2.24) is 5.32 Å². The molecule has 1 saturated heterocycles. The van der Waals surface area contributed by atoms with E-state index in [-0.39, 0.29) is 42.6 Å². The van der Waals surface area contributed by atoms with Gasteiger partial charge in [-0.2, -0.15) is 13.2 Å². The number of amides is 1. The first kappa shape index (κ1) is 23.8. The van der Waals surface area contributed by atoms with Crippen LogP contribution in [0.2, 0.25) is 5.02 Å². The van der Waals surface area contributed by atoms with Gasteiger partial charge in [0.2, 0.25) is 0 Å². The molecule has 34 heavy (non-hydrogen) atoms. The molecule has 1 amide bonds. The van der Waals surface area contributed by atoms with Gasteiger partial charge in [0.05, 0.1) is 17.7 Å². The third kappa shape index (κ3) is 4.67. The number of benzene rings is 3. The van der Waals surface area contributed by atoms with Crippen molar-refractivity contribution in [2.45, 2.75) is 24.7 Å². The highest BCUT2D eigenvalue weighted by molar-refractivity contribution is 6.36. The Bertz CT molecular complexity index is 1240. The smallest absolute Gasteiger partial charge is 0.416 e. The predicted octanol–water partition coefficient (Wildman–Crippen LogP) is 5.06. The lowest BCUT2D eigenvalue weighted by Gasteiger charge is -2.25. The lowest BCUT2D eigenvalue weighted by molar-refractivity contribution is -0.144. The van der Waals surface area contributed by atoms with Crippen molar-refractivity contribution < 1.29 is 37.3 Å². The van der Waals surface area contributed by atoms with Crippen LogP contribution in [0.15, 0.2) is 54.6 Å². The second-order valence-electron chi connectivity index (χ2n) is 7.91. The largest absolute Gasteiger partial charge is 0.487 e. The first-order valence-electron chi connectivity index (χ1n) is 10.2. The number of carboxylic acid groups (broad SMARTS) is 1. The van der Waals surface area contributed by atoms with Gasteiger partial charge in [0.15, 0.2) is 5.54 Å². The van der Waals surface area contributed by atoms with E-state index in [1.54, 1.807) is 24.3 Å². The van der Waals surface area contributed by atoms with E-state index in [2.05, 4.69) is 5.32 Å². The normalized spacial score (nSPS) is 18.1. The van der Waals surface area contributed by atoms with Crippen LogP contribution in [0.5, 0.6) is 5.75 Å². The average Bonchev–Trinajstić information content (AvgIpc) is 3.28. The second-order valence-corrected chi connectivity index (χ2v) is 8.32. The zero-order chi connectivity index (χ0) is 24.5. The molecule has 0 saturated carbocycles. The van der Waals surface area contributed by atoms with Crippen molar-refractivity contribution in [1.29, 1.82) is 0 Å². The Morgan fingerprint density at radius 1 is 1.12 bits per heavy atom. The number of aliphatic carboxylic acids is 1. The van der Waals surface area contributed by atoms with Gasteiger partial charge in [-0.15, -0.1) is 0 Å². The third-order valence-corrected chi connectivity index (χ3v) is 5.95. The van der Waals surface area contributed by atoms with Gasteiger partial charge < -0.3 is 19.9 Å². The fourth-order valence-corrected chi connectivity index (χ4v) is 4.02. The molecule has 1 heterocycles. The Balaban J connectivity index is 1.68. The van der Waals surface area contributed by atoms with Gasteiger partial charge in [-0.1, -0.05) is 48.0 Å². The van der Waals surface area contributed by atoms with Gasteiger partial charge in [0.1, 0.15) is 12.4 Å². The summed E-state index contributed by atoms with van der Waals surface area (Å²) in [6.45, 7) is -0.128. The van der Waals surface area contributed by atoms with Crippen molar-refractivity contribution in [3.05, 3.63) is 76.3 Å². The number of rotatable bonds is 6. The molecule has 1 aliphatic heterocycles. The van der Waals surface area contributed by atoms with Gasteiger partial charge >= 0.3 is 12.1 Å². The number of carboxylic acids is 1. The predicted molar refractivity (Wildman–Crippen MR) is 118 cm³/mol. The number of ether oxygens (including phenoxy) is 2. The number of hydrogen-bond donors (Lipinski definition) is 2. The van der Waals surface area contributed by atoms with E-state index in [1.807, 2.05) is 0 Å². The maximum atomic E-state index is 13.2. The van der Waals surface area contributed by atoms with Crippen LogP contribution in [-0.2, 0) is 22.3 Å². The molecule has 3 aromatic carbocycles. The van der Waals surface area contributed by atoms with Crippen LogP contribution in [0, 0.1) is 0 Å². The van der Waals surface area contributed by atoms with E-state index < -0.39 is 29.2 Å². The summed E-state index contributed by atoms with van der Waals surface area (Å²) in [7, 11) is 0. The Morgan fingerprint density at radius 3 is 2.38 bits per heavy atom. The molecule has 2 N–H and O–H groups in total. The molecular weight excluding hydrogens is 475 g/mol. The van der Waals surface area contributed by atoms with Gasteiger partial charge in [-0.05, 0) is 23.8 Å². The fourth-order valence-electron chi connectivity index (χ4n) is 3.74. The van der Waals surface area contributed by atoms with E-state index >= 15 is 0 Å². The Kier molecular flexibility index (Phi) is 6.42. The van der Waals surface area contributed by atoms with Crippen molar-refractivity contribution in [2.24, 2.45) is 0 Å². The van der Waals surface area contributed by atoms with Crippen molar-refractivity contribution in [2.75, 3.05) is 13.2 Å². The first-order chi connectivity index (χ1) is 16.1. The number of fused-ring (bicyclic) bond motifs is 1. The number of hydrogen-bond acceptors (Lipinski definition) is 4. The summed E-state index contributed by atoms with van der Waals surface area (Å²) in [6.07, 6.45) is -4.36. The number of carbonyl (C=O) groups is 2. The molecule has 3 aromatic rings. The van der Waals surface area contributed by atoms with Crippen LogP contribution < -0.4 is 10.1 Å². The minimum atomic E-state index is -4.46. The fraction of sp³-hybridized carbons (Fsp3) is 0.250. The van der Waals surface area contributed by atoms with E-state index in [0.29, 0.717) is 16.3 Å². The molecule has 6 nitrogen and oxygen atoms in total. The quantitative estimate of drug-likeness (QED) is 0.501. The standard InChI is InChI=1S/C24H19ClF3NO5/c25-19-11-18(21(30)29-23(22(31)32)9-10-33-13-23)20(17-4-2-1-3-16(17)19)34-12-14-5-7-15(8-6-14)24(26,27)28/h1-8,11H,9-10,12-13H2,(H,29,30)(H,31,32). The highest BCUT2D eigenvalue weighted by atomic mass is 35.5. The summed E-state index contributed by atoms with van der Waals surface area (Å²) in [5, 5.41) is 13.5. The van der Waals surface area contributed by atoms with E-state index in [9.17, 15) is 27.9 Å². The molecule has 0 bridgehead atoms. The van der Waals surface area contributed by atoms with E-state index in [0.717, 1.165) is 12.1 Å². The van der Waals surface area contributed by atoms with Gasteiger partial charge in [0.25, 0.3) is 5.91 Å². The zero-order valence-corrected chi connectivity index (χ0v) is 18.4. The Morgan fingerprint density at radius 2 is 1.79 bits per heavy atom. The molecule has 1 unspecified atom stereocenters. The van der Waals surface area contributed by atoms with Gasteiger partial charge in [-0.3, -0.25) is 4.79 Å². The zero-order valence-electron chi connectivity index (χ0n) is 17.6. The summed E-state index contributed by atoms with van der Waals surface area (Å²) in [4.78, 5) is 25.0. The van der Waals surface area contributed by atoms with E-state index in [4.69, 9.17) is 21.1 Å². The molecule has 178 valence electrons. The third-order valence-electron chi connectivity index (χ3n) is 5.64. The SMILES string of the molecule is O=C(NC1(C(=O)O)CCOC1)c1cc(Cl)c2ccccc2c1OCc1ccc(C(F)(F)F)cc1. The number of alkyl halides is 3. The summed E-state index contributed by atoms with van der Waals surface area (Å²) in [5.41, 5.74) is -1.92. The topological polar surface area (TPSA) is 84.9 Å². The van der Waals surface area contributed by atoms with Crippen LogP contribution >= 0.6 is 11.6 Å². The maximum absolute atomic E-state index is 13.2. The molecule has 4 rings (SSSR count). The maximum Gasteiger partial charge on any atom is 0.416 e. The van der Waals surface area contributed by atoms with Crippen molar-refractivity contribution >= 4 is 34.2 Å². The lowest BCUT2D eigenvalue weighted by Crippen LogP contribution is -2.55. The Labute approximate surface area is 197 Å². The summed E-state index contributed by atoms with van der Waals surface area (Å²) in [6, 6.07) is 12.7. The molecule has 0 aliphatic carbocycles. The second kappa shape index (κ2) is 9.15. The van der Waals surface area contributed by atoms with Crippen LogP contribution in [0.25, 0.3) is 10.8 Å². The van der Waals surface area contributed by atoms with Gasteiger partial charge in [0, 0.05) is 28.8 Å². The van der Waals surface area contributed by atoms with Crippen LogP contribution in [0.1, 0.15) is 27.9 Å². The monoisotopic (exact) mass is 493 g/mol. The van der Waals surface area contributed by atoms with Crippen LogP contribution in [-0.4, -0.2) is 35.7 Å². The lowest BCUT2D eigenvalue weighted by atomic mass is 9.97. The van der Waals surface area contributed by atoms with Crippen LogP contribution in [0.4, 0.5) is 13.2 Å². The minimum absolute atomic E-state index is 0.00290. The number of halogens is 4. The molecule has 1 atom stereocenters. The Hall–Kier alpha value is -3.30. The summed E-state index contributed by atoms with van der Waals surface area (Å²) < 4.78 is 49.6. The van der Waals surface area contributed by atoms with Crippen molar-refractivity contribution in [3.8, 4) is 5.75 Å². The highest BCUT2D eigenvalue weighted by Crippen LogP contribution is 2.36. The van der Waals surface area contributed by atoms with Gasteiger partial charge in [-0.25, -0.2) is 4.79 Å². The average molecular weight is 494 g/mol. The van der Waals surface area contributed by atoms with Crippen molar-refractivity contribution in [3.63, 3.8) is 0 Å². The number of nitrogens with one attached hydrogen (secondary N) is 1. The van der Waals surface area contributed by atoms with Crippen LogP contribution in [0.3, 0.4) is 0 Å². The molecule has 1 aliphatic rings. The molecule has 1 fully saturated rings. The molecular formula is C24H19ClF3NO5. The minimum Gasteiger partial charge on any atom is -0.487 e. The van der Waals surface area contributed by atoms with E-state index in [1.165, 1.54) is 18.2 Å². The molecule has 10 heteroatoms. The first-order valence-corrected chi connectivity index (χ1v) is 10.6. The molecule has 0 spiro atoms. The molecule has 0 aromatic heterocycles. The molecule has 0 radical (unpaired) electrons. The number of carbonyl (C=O) groups excluding carboxylic acids is 1. The summed E-state index contributed by atoms with van der Waals surface area (Å²) >= 11 is 6.39.